The summed E-state index contributed by atoms with van der Waals surface area (Å²) in [5.41, 5.74) is 0. The molecule has 1 saturated carbocycles. The summed E-state index contributed by atoms with van der Waals surface area (Å²) in [6.07, 6.45) is 10.0. The third-order valence-electron chi connectivity index (χ3n) is 3.70. The Balaban J connectivity index is 1.93. The molecule has 0 bridgehead atoms. The molecule has 0 spiro atoms. The van der Waals surface area contributed by atoms with Crippen LogP contribution in [0.25, 0.3) is 0 Å². The maximum atomic E-state index is 3.66. The van der Waals surface area contributed by atoms with Crippen molar-refractivity contribution in [3.05, 3.63) is 0 Å². The predicted molar refractivity (Wildman–Crippen MR) is 68.1 cm³/mol. The Morgan fingerprint density at radius 1 is 1.07 bits per heavy atom. The molecule has 1 unspecified atom stereocenters. The lowest BCUT2D eigenvalue weighted by Gasteiger charge is -2.16. The molecule has 15 heavy (non-hydrogen) atoms. The van der Waals surface area contributed by atoms with Gasteiger partial charge in [-0.1, -0.05) is 39.5 Å². The second kappa shape index (κ2) is 7.27. The highest BCUT2D eigenvalue weighted by Crippen LogP contribution is 2.26. The molecule has 0 aromatic carbocycles. The van der Waals surface area contributed by atoms with Crippen LogP contribution in [0.1, 0.15) is 65.7 Å². The van der Waals surface area contributed by atoms with Gasteiger partial charge in [0.15, 0.2) is 0 Å². The topological polar surface area (TPSA) is 12.0 Å². The summed E-state index contributed by atoms with van der Waals surface area (Å²) in [6.45, 7) is 8.19. The van der Waals surface area contributed by atoms with Crippen LogP contribution in [0, 0.1) is 11.8 Å². The maximum Gasteiger partial charge on any atom is 0.00388 e. The maximum absolute atomic E-state index is 3.66. The zero-order chi connectivity index (χ0) is 11.1. The van der Waals surface area contributed by atoms with Crippen molar-refractivity contribution >= 4 is 0 Å². The first-order valence-electron chi connectivity index (χ1n) is 6.92. The number of hydrogen-bond acceptors (Lipinski definition) is 1. The van der Waals surface area contributed by atoms with Gasteiger partial charge in [-0.15, -0.1) is 0 Å². The number of nitrogens with one attached hydrogen (secondary N) is 1. The van der Waals surface area contributed by atoms with Crippen molar-refractivity contribution in [3.8, 4) is 0 Å². The lowest BCUT2D eigenvalue weighted by molar-refractivity contribution is 0.416. The van der Waals surface area contributed by atoms with E-state index >= 15 is 0 Å². The minimum Gasteiger partial charge on any atom is -0.314 e. The molecule has 1 nitrogen and oxygen atoms in total. The van der Waals surface area contributed by atoms with E-state index in [0.29, 0.717) is 6.04 Å². The van der Waals surface area contributed by atoms with E-state index in [4.69, 9.17) is 0 Å². The van der Waals surface area contributed by atoms with E-state index in [0.717, 1.165) is 11.8 Å². The van der Waals surface area contributed by atoms with Crippen molar-refractivity contribution in [3.63, 3.8) is 0 Å². The van der Waals surface area contributed by atoms with Crippen molar-refractivity contribution < 1.29 is 0 Å². The summed E-state index contributed by atoms with van der Waals surface area (Å²) >= 11 is 0. The van der Waals surface area contributed by atoms with Gasteiger partial charge in [0.05, 0.1) is 0 Å². The van der Waals surface area contributed by atoms with Crippen LogP contribution in [-0.4, -0.2) is 12.6 Å². The van der Waals surface area contributed by atoms with E-state index < -0.39 is 0 Å². The first-order valence-corrected chi connectivity index (χ1v) is 6.92. The zero-order valence-electron chi connectivity index (χ0n) is 10.9. The lowest BCUT2D eigenvalue weighted by atomic mass is 10.0. The number of hydrogen-bond donors (Lipinski definition) is 1. The average Bonchev–Trinajstić information content (AvgIpc) is 2.67. The molecule has 0 aromatic rings. The molecule has 90 valence electrons. The molecule has 1 aliphatic rings. The molecule has 0 heterocycles. The predicted octanol–water partition coefficient (Wildman–Crippen LogP) is 3.98. The van der Waals surface area contributed by atoms with E-state index in [2.05, 4.69) is 26.1 Å². The van der Waals surface area contributed by atoms with Crippen LogP contribution >= 0.6 is 0 Å². The van der Waals surface area contributed by atoms with Crippen molar-refractivity contribution in [2.24, 2.45) is 11.8 Å². The van der Waals surface area contributed by atoms with E-state index in [1.807, 2.05) is 0 Å². The van der Waals surface area contributed by atoms with Gasteiger partial charge in [-0.05, 0) is 44.6 Å². The third-order valence-corrected chi connectivity index (χ3v) is 3.70. The van der Waals surface area contributed by atoms with Gasteiger partial charge in [-0.3, -0.25) is 0 Å². The third kappa shape index (κ3) is 6.19. The Morgan fingerprint density at radius 3 is 2.33 bits per heavy atom. The molecule has 1 rings (SSSR count). The standard InChI is InChI=1S/C14H29N/c1-12(2)8-9-13(3)15-11-10-14-6-4-5-7-14/h12-15H,4-11H2,1-3H3. The normalized spacial score (nSPS) is 20.0. The van der Waals surface area contributed by atoms with E-state index in [1.165, 1.54) is 51.5 Å². The van der Waals surface area contributed by atoms with E-state index in [-0.39, 0.29) is 0 Å². The molecular formula is C14H29N. The highest BCUT2D eigenvalue weighted by Gasteiger charge is 2.14. The van der Waals surface area contributed by atoms with Gasteiger partial charge in [0.25, 0.3) is 0 Å². The number of rotatable bonds is 7. The van der Waals surface area contributed by atoms with Crippen LogP contribution in [0.2, 0.25) is 0 Å². The highest BCUT2D eigenvalue weighted by molar-refractivity contribution is 4.69. The summed E-state index contributed by atoms with van der Waals surface area (Å²) in [5.74, 6) is 1.89. The van der Waals surface area contributed by atoms with Crippen molar-refractivity contribution in [2.75, 3.05) is 6.54 Å². The first-order chi connectivity index (χ1) is 7.18. The molecule has 1 atom stereocenters. The molecule has 1 heteroatoms. The van der Waals surface area contributed by atoms with Crippen LogP contribution < -0.4 is 5.32 Å². The smallest absolute Gasteiger partial charge is 0.00388 e. The molecule has 1 N–H and O–H groups in total. The largest absolute Gasteiger partial charge is 0.314 e. The van der Waals surface area contributed by atoms with E-state index in [1.54, 1.807) is 0 Å². The fraction of sp³-hybridized carbons (Fsp3) is 1.00. The minimum atomic E-state index is 0.716. The van der Waals surface area contributed by atoms with Crippen molar-refractivity contribution in [1.82, 2.24) is 5.32 Å². The Bertz CT molecular complexity index is 147. The Morgan fingerprint density at radius 2 is 1.73 bits per heavy atom. The molecule has 0 amide bonds. The van der Waals surface area contributed by atoms with Crippen LogP contribution in [-0.2, 0) is 0 Å². The summed E-state index contributed by atoms with van der Waals surface area (Å²) in [4.78, 5) is 0. The fourth-order valence-corrected chi connectivity index (χ4v) is 2.52. The zero-order valence-corrected chi connectivity index (χ0v) is 10.9. The second-order valence-electron chi connectivity index (χ2n) is 5.77. The summed E-state index contributed by atoms with van der Waals surface area (Å²) in [5, 5.41) is 3.66. The molecular weight excluding hydrogens is 182 g/mol. The highest BCUT2D eigenvalue weighted by atomic mass is 14.9. The minimum absolute atomic E-state index is 0.716. The molecule has 0 aliphatic heterocycles. The van der Waals surface area contributed by atoms with Crippen molar-refractivity contribution in [2.45, 2.75) is 71.8 Å². The summed E-state index contributed by atoms with van der Waals surface area (Å²) in [7, 11) is 0. The Kier molecular flexibility index (Phi) is 6.31. The fourth-order valence-electron chi connectivity index (χ4n) is 2.52. The van der Waals surface area contributed by atoms with Crippen LogP contribution in [0.15, 0.2) is 0 Å². The van der Waals surface area contributed by atoms with E-state index in [9.17, 15) is 0 Å². The van der Waals surface area contributed by atoms with Gasteiger partial charge in [0.1, 0.15) is 0 Å². The van der Waals surface area contributed by atoms with Gasteiger partial charge < -0.3 is 5.32 Å². The quantitative estimate of drug-likeness (QED) is 0.671. The lowest BCUT2D eigenvalue weighted by Crippen LogP contribution is -2.28. The first kappa shape index (κ1) is 13.0. The van der Waals surface area contributed by atoms with Gasteiger partial charge in [-0.25, -0.2) is 0 Å². The summed E-state index contributed by atoms with van der Waals surface area (Å²) in [6, 6.07) is 0.716. The van der Waals surface area contributed by atoms with Crippen LogP contribution in [0.4, 0.5) is 0 Å². The van der Waals surface area contributed by atoms with Gasteiger partial charge in [-0.2, -0.15) is 0 Å². The second-order valence-corrected chi connectivity index (χ2v) is 5.77. The van der Waals surface area contributed by atoms with Gasteiger partial charge >= 0.3 is 0 Å². The molecule has 0 aromatic heterocycles. The Labute approximate surface area is 96.0 Å². The van der Waals surface area contributed by atoms with Gasteiger partial charge in [0.2, 0.25) is 0 Å². The van der Waals surface area contributed by atoms with Gasteiger partial charge in [0, 0.05) is 6.04 Å². The van der Waals surface area contributed by atoms with Crippen LogP contribution in [0.5, 0.6) is 0 Å². The van der Waals surface area contributed by atoms with Crippen molar-refractivity contribution in [1.29, 1.82) is 0 Å². The monoisotopic (exact) mass is 211 g/mol. The molecule has 1 fully saturated rings. The van der Waals surface area contributed by atoms with Crippen LogP contribution in [0.3, 0.4) is 0 Å². The molecule has 0 radical (unpaired) electrons. The Hall–Kier alpha value is -0.0400. The summed E-state index contributed by atoms with van der Waals surface area (Å²) < 4.78 is 0. The molecule has 0 saturated heterocycles. The molecule has 1 aliphatic carbocycles. The average molecular weight is 211 g/mol. The SMILES string of the molecule is CC(C)CCC(C)NCCC1CCCC1.